The average Bonchev–Trinajstić information content (AvgIpc) is 2.15. The fourth-order valence-electron chi connectivity index (χ4n) is 2.45. The Bertz CT molecular complexity index is 166. The second-order valence-corrected chi connectivity index (χ2v) is 4.33. The van der Waals surface area contributed by atoms with Crippen LogP contribution in [0.1, 0.15) is 52.9 Å². The molecule has 0 radical (unpaired) electrons. The molecule has 0 aromatic heterocycles. The van der Waals surface area contributed by atoms with Crippen molar-refractivity contribution >= 4 is 0 Å². The quantitative estimate of drug-likeness (QED) is 0.643. The summed E-state index contributed by atoms with van der Waals surface area (Å²) < 4.78 is 0. The van der Waals surface area contributed by atoms with E-state index in [4.69, 9.17) is 0 Å². The lowest BCUT2D eigenvalue weighted by atomic mass is 9.82. The van der Waals surface area contributed by atoms with Crippen molar-refractivity contribution in [3.8, 4) is 0 Å². The van der Waals surface area contributed by atoms with E-state index in [-0.39, 0.29) is 0 Å². The van der Waals surface area contributed by atoms with Crippen LogP contribution in [0, 0.1) is 0 Å². The first-order valence-corrected chi connectivity index (χ1v) is 5.62. The molecule has 76 valence electrons. The molecule has 1 aliphatic carbocycles. The SMILES string of the molecule is C/C=C\N(CC)C1(C)CCCCC1. The van der Waals surface area contributed by atoms with Crippen LogP contribution < -0.4 is 0 Å². The third-order valence-electron chi connectivity index (χ3n) is 3.29. The molecule has 1 saturated carbocycles. The van der Waals surface area contributed by atoms with Gasteiger partial charge in [-0.2, -0.15) is 0 Å². The first kappa shape index (κ1) is 10.6. The highest BCUT2D eigenvalue weighted by atomic mass is 15.2. The van der Waals surface area contributed by atoms with Crippen molar-refractivity contribution in [1.29, 1.82) is 0 Å². The van der Waals surface area contributed by atoms with Gasteiger partial charge in [-0.15, -0.1) is 0 Å². The number of rotatable bonds is 3. The van der Waals surface area contributed by atoms with Gasteiger partial charge in [0.2, 0.25) is 0 Å². The van der Waals surface area contributed by atoms with Gasteiger partial charge in [0.25, 0.3) is 0 Å². The largest absolute Gasteiger partial charge is 0.373 e. The Morgan fingerprint density at radius 2 is 1.85 bits per heavy atom. The highest BCUT2D eigenvalue weighted by molar-refractivity contribution is 4.94. The molecule has 0 atom stereocenters. The van der Waals surface area contributed by atoms with Crippen LogP contribution in [0.4, 0.5) is 0 Å². The Balaban J connectivity index is 2.62. The van der Waals surface area contributed by atoms with E-state index in [9.17, 15) is 0 Å². The van der Waals surface area contributed by atoms with Crippen molar-refractivity contribution in [3.63, 3.8) is 0 Å². The topological polar surface area (TPSA) is 3.24 Å². The zero-order valence-electron chi connectivity index (χ0n) is 9.34. The molecule has 0 heterocycles. The molecule has 1 rings (SSSR count). The summed E-state index contributed by atoms with van der Waals surface area (Å²) in [5, 5.41) is 0. The van der Waals surface area contributed by atoms with Gasteiger partial charge in [-0.1, -0.05) is 25.3 Å². The van der Waals surface area contributed by atoms with E-state index >= 15 is 0 Å². The normalized spacial score (nSPS) is 22.1. The van der Waals surface area contributed by atoms with Crippen LogP contribution in [-0.2, 0) is 0 Å². The smallest absolute Gasteiger partial charge is 0.0368 e. The molecule has 13 heavy (non-hydrogen) atoms. The molecule has 0 N–H and O–H groups in total. The van der Waals surface area contributed by atoms with Crippen LogP contribution in [0.5, 0.6) is 0 Å². The van der Waals surface area contributed by atoms with Gasteiger partial charge in [-0.25, -0.2) is 0 Å². The van der Waals surface area contributed by atoms with Gasteiger partial charge in [0, 0.05) is 12.1 Å². The van der Waals surface area contributed by atoms with Crippen molar-refractivity contribution in [1.82, 2.24) is 4.90 Å². The van der Waals surface area contributed by atoms with E-state index in [0.717, 1.165) is 6.54 Å². The van der Waals surface area contributed by atoms with E-state index in [1.54, 1.807) is 0 Å². The third kappa shape index (κ3) is 2.49. The van der Waals surface area contributed by atoms with Gasteiger partial charge in [0.15, 0.2) is 0 Å². The van der Waals surface area contributed by atoms with Crippen LogP contribution in [-0.4, -0.2) is 17.0 Å². The second kappa shape index (κ2) is 4.69. The molecular formula is C12H23N. The van der Waals surface area contributed by atoms with Gasteiger partial charge in [0.05, 0.1) is 0 Å². The molecule has 1 heteroatoms. The van der Waals surface area contributed by atoms with E-state index in [0.29, 0.717) is 5.54 Å². The summed E-state index contributed by atoms with van der Waals surface area (Å²) in [5.41, 5.74) is 0.444. The molecule has 0 aliphatic heterocycles. The van der Waals surface area contributed by atoms with E-state index in [1.165, 1.54) is 32.1 Å². The lowest BCUT2D eigenvalue weighted by molar-refractivity contribution is 0.120. The summed E-state index contributed by atoms with van der Waals surface area (Å²) in [7, 11) is 0. The second-order valence-electron chi connectivity index (χ2n) is 4.33. The summed E-state index contributed by atoms with van der Waals surface area (Å²) in [4.78, 5) is 2.51. The van der Waals surface area contributed by atoms with Crippen LogP contribution in [0.2, 0.25) is 0 Å². The van der Waals surface area contributed by atoms with Crippen LogP contribution in [0.15, 0.2) is 12.3 Å². The number of hydrogen-bond acceptors (Lipinski definition) is 1. The highest BCUT2D eigenvalue weighted by Gasteiger charge is 2.30. The zero-order chi connectivity index (χ0) is 9.73. The predicted molar refractivity (Wildman–Crippen MR) is 58.7 cm³/mol. The number of hydrogen-bond donors (Lipinski definition) is 0. The van der Waals surface area contributed by atoms with Crippen LogP contribution >= 0.6 is 0 Å². The maximum absolute atomic E-state index is 2.51. The van der Waals surface area contributed by atoms with Crippen molar-refractivity contribution in [2.24, 2.45) is 0 Å². The molecule has 0 amide bonds. The first-order valence-electron chi connectivity index (χ1n) is 5.62. The van der Waals surface area contributed by atoms with Crippen molar-refractivity contribution in [3.05, 3.63) is 12.3 Å². The minimum absolute atomic E-state index is 0.444. The minimum atomic E-state index is 0.444. The summed E-state index contributed by atoms with van der Waals surface area (Å²) in [6, 6.07) is 0. The van der Waals surface area contributed by atoms with Gasteiger partial charge in [-0.05, 0) is 39.8 Å². The fourth-order valence-corrected chi connectivity index (χ4v) is 2.45. The fraction of sp³-hybridized carbons (Fsp3) is 0.833. The summed E-state index contributed by atoms with van der Waals surface area (Å²) in [5.74, 6) is 0. The standard InChI is InChI=1S/C12H23N/c1-4-11-13(5-2)12(3)9-7-6-8-10-12/h4,11H,5-10H2,1-3H3/b11-4-. The molecule has 1 nitrogen and oxygen atoms in total. The number of nitrogens with zero attached hydrogens (tertiary/aromatic N) is 1. The van der Waals surface area contributed by atoms with Crippen LogP contribution in [0.3, 0.4) is 0 Å². The average molecular weight is 181 g/mol. The van der Waals surface area contributed by atoms with Crippen molar-refractivity contribution in [2.45, 2.75) is 58.4 Å². The lowest BCUT2D eigenvalue weighted by Crippen LogP contribution is -2.44. The maximum atomic E-state index is 2.51. The molecule has 0 unspecified atom stereocenters. The Hall–Kier alpha value is -0.460. The molecule has 1 aliphatic rings. The molecule has 1 fully saturated rings. The summed E-state index contributed by atoms with van der Waals surface area (Å²) >= 11 is 0. The molecule has 0 aromatic carbocycles. The zero-order valence-corrected chi connectivity index (χ0v) is 9.34. The van der Waals surface area contributed by atoms with Gasteiger partial charge in [0.1, 0.15) is 0 Å². The van der Waals surface area contributed by atoms with Crippen molar-refractivity contribution < 1.29 is 0 Å². The van der Waals surface area contributed by atoms with E-state index in [1.807, 2.05) is 0 Å². The number of allylic oxidation sites excluding steroid dienone is 1. The van der Waals surface area contributed by atoms with E-state index in [2.05, 4.69) is 37.9 Å². The Morgan fingerprint density at radius 1 is 1.23 bits per heavy atom. The lowest BCUT2D eigenvalue weighted by Gasteiger charge is -2.43. The summed E-state index contributed by atoms with van der Waals surface area (Å²) in [6.45, 7) is 7.91. The Kier molecular flexibility index (Phi) is 3.83. The van der Waals surface area contributed by atoms with Gasteiger partial charge < -0.3 is 4.90 Å². The van der Waals surface area contributed by atoms with Gasteiger partial charge >= 0.3 is 0 Å². The summed E-state index contributed by atoms with van der Waals surface area (Å²) in [6.07, 6.45) is 11.4. The third-order valence-corrected chi connectivity index (χ3v) is 3.29. The predicted octanol–water partition coefficient (Wildman–Crippen LogP) is 3.56. The van der Waals surface area contributed by atoms with E-state index < -0.39 is 0 Å². The maximum Gasteiger partial charge on any atom is 0.0368 e. The minimum Gasteiger partial charge on any atom is -0.373 e. The van der Waals surface area contributed by atoms with Crippen LogP contribution in [0.25, 0.3) is 0 Å². The highest BCUT2D eigenvalue weighted by Crippen LogP contribution is 2.33. The molecule has 0 aromatic rings. The monoisotopic (exact) mass is 181 g/mol. The molecule has 0 spiro atoms. The molecule has 0 saturated heterocycles. The Labute approximate surface area is 82.8 Å². The molecule has 0 bridgehead atoms. The van der Waals surface area contributed by atoms with Crippen molar-refractivity contribution in [2.75, 3.05) is 6.54 Å². The molecular weight excluding hydrogens is 158 g/mol. The first-order chi connectivity index (χ1) is 6.23. The van der Waals surface area contributed by atoms with Gasteiger partial charge in [-0.3, -0.25) is 0 Å². The Morgan fingerprint density at radius 3 is 2.31 bits per heavy atom.